The SMILES string of the molecule is CC.CCOC(=O)C(C=O)Cc1ccc(SC)cc1. The number of aldehydes is 1. The Bertz CT molecular complexity index is 373. The van der Waals surface area contributed by atoms with Gasteiger partial charge in [-0.3, -0.25) is 4.79 Å². The Balaban J connectivity index is 0.00000154. The topological polar surface area (TPSA) is 43.4 Å². The van der Waals surface area contributed by atoms with E-state index in [9.17, 15) is 9.59 Å². The van der Waals surface area contributed by atoms with Gasteiger partial charge in [-0.15, -0.1) is 11.8 Å². The van der Waals surface area contributed by atoms with Crippen LogP contribution in [0.1, 0.15) is 26.3 Å². The molecule has 3 nitrogen and oxygen atoms in total. The number of rotatable bonds is 6. The molecule has 1 atom stereocenters. The molecule has 0 radical (unpaired) electrons. The molecule has 0 aliphatic carbocycles. The fourth-order valence-corrected chi connectivity index (χ4v) is 1.86. The zero-order valence-corrected chi connectivity index (χ0v) is 12.8. The molecule has 0 heterocycles. The molecule has 1 aromatic rings. The lowest BCUT2D eigenvalue weighted by atomic mass is 10.0. The van der Waals surface area contributed by atoms with Crippen LogP contribution in [-0.2, 0) is 20.7 Å². The van der Waals surface area contributed by atoms with Gasteiger partial charge < -0.3 is 9.53 Å². The van der Waals surface area contributed by atoms with E-state index >= 15 is 0 Å². The Labute approximate surface area is 119 Å². The molecule has 0 saturated heterocycles. The van der Waals surface area contributed by atoms with Crippen molar-refractivity contribution >= 4 is 24.0 Å². The highest BCUT2D eigenvalue weighted by molar-refractivity contribution is 7.98. The fourth-order valence-electron chi connectivity index (χ4n) is 1.45. The van der Waals surface area contributed by atoms with E-state index in [1.807, 2.05) is 44.4 Å². The highest BCUT2D eigenvalue weighted by atomic mass is 32.2. The third-order valence-electron chi connectivity index (χ3n) is 2.37. The first-order valence-electron chi connectivity index (χ1n) is 6.46. The second kappa shape index (κ2) is 10.6. The molecular formula is C15H22O3S. The van der Waals surface area contributed by atoms with Crippen LogP contribution in [0.2, 0.25) is 0 Å². The smallest absolute Gasteiger partial charge is 0.316 e. The summed E-state index contributed by atoms with van der Waals surface area (Å²) in [6.07, 6.45) is 3.05. The van der Waals surface area contributed by atoms with Gasteiger partial charge in [0.15, 0.2) is 0 Å². The first kappa shape index (κ1) is 17.7. The zero-order valence-electron chi connectivity index (χ0n) is 12.0. The molecule has 1 unspecified atom stereocenters. The number of carbonyl (C=O) groups is 2. The molecule has 1 rings (SSSR count). The maximum absolute atomic E-state index is 11.4. The molecule has 106 valence electrons. The predicted molar refractivity (Wildman–Crippen MR) is 79.5 cm³/mol. The molecule has 0 saturated carbocycles. The van der Waals surface area contributed by atoms with Crippen molar-refractivity contribution in [3.05, 3.63) is 29.8 Å². The van der Waals surface area contributed by atoms with Crippen LogP contribution in [-0.4, -0.2) is 25.1 Å². The summed E-state index contributed by atoms with van der Waals surface area (Å²) in [6, 6.07) is 7.82. The number of ether oxygens (including phenoxy) is 1. The van der Waals surface area contributed by atoms with Crippen molar-refractivity contribution in [3.8, 4) is 0 Å². The molecule has 0 bridgehead atoms. The van der Waals surface area contributed by atoms with E-state index < -0.39 is 11.9 Å². The standard InChI is InChI=1S/C13H16O3S.C2H6/c1-3-16-13(15)11(9-14)8-10-4-6-12(17-2)7-5-10;1-2/h4-7,9,11H,3,8H2,1-2H3;1-2H3. The minimum Gasteiger partial charge on any atom is -0.465 e. The molecule has 4 heteroatoms. The molecule has 0 spiro atoms. The van der Waals surface area contributed by atoms with Crippen LogP contribution in [0.15, 0.2) is 29.2 Å². The molecular weight excluding hydrogens is 260 g/mol. The quantitative estimate of drug-likeness (QED) is 0.347. The van der Waals surface area contributed by atoms with E-state index in [-0.39, 0.29) is 0 Å². The Morgan fingerprint density at radius 2 is 1.89 bits per heavy atom. The van der Waals surface area contributed by atoms with Crippen LogP contribution < -0.4 is 0 Å². The highest BCUT2D eigenvalue weighted by Gasteiger charge is 2.19. The van der Waals surface area contributed by atoms with Crippen molar-refractivity contribution in [3.63, 3.8) is 0 Å². The fraction of sp³-hybridized carbons (Fsp3) is 0.467. The van der Waals surface area contributed by atoms with Crippen molar-refractivity contribution < 1.29 is 14.3 Å². The van der Waals surface area contributed by atoms with E-state index in [1.165, 1.54) is 0 Å². The van der Waals surface area contributed by atoms with Crippen molar-refractivity contribution in [1.82, 2.24) is 0 Å². The Morgan fingerprint density at radius 3 is 2.32 bits per heavy atom. The maximum atomic E-state index is 11.4. The van der Waals surface area contributed by atoms with Crippen molar-refractivity contribution in [2.45, 2.75) is 32.1 Å². The number of hydrogen-bond donors (Lipinski definition) is 0. The Hall–Kier alpha value is -1.29. The molecule has 0 aliphatic heterocycles. The van der Waals surface area contributed by atoms with Crippen molar-refractivity contribution in [1.29, 1.82) is 0 Å². The summed E-state index contributed by atoms with van der Waals surface area (Å²) in [7, 11) is 0. The molecule has 1 aromatic carbocycles. The lowest BCUT2D eigenvalue weighted by molar-refractivity contribution is -0.149. The predicted octanol–water partition coefficient (Wildman–Crippen LogP) is 3.36. The van der Waals surface area contributed by atoms with Crippen LogP contribution in [0, 0.1) is 5.92 Å². The molecule has 0 amide bonds. The lowest BCUT2D eigenvalue weighted by Crippen LogP contribution is -2.21. The van der Waals surface area contributed by atoms with E-state index in [1.54, 1.807) is 18.7 Å². The second-order valence-electron chi connectivity index (χ2n) is 3.55. The number of thioether (sulfide) groups is 1. The third kappa shape index (κ3) is 6.43. The monoisotopic (exact) mass is 282 g/mol. The number of esters is 1. The summed E-state index contributed by atoms with van der Waals surface area (Å²) in [4.78, 5) is 23.4. The van der Waals surface area contributed by atoms with Crippen LogP contribution >= 0.6 is 11.8 Å². The van der Waals surface area contributed by atoms with E-state index in [4.69, 9.17) is 4.74 Å². The van der Waals surface area contributed by atoms with Crippen LogP contribution in [0.4, 0.5) is 0 Å². The van der Waals surface area contributed by atoms with Gasteiger partial charge in [0.1, 0.15) is 12.2 Å². The van der Waals surface area contributed by atoms with Gasteiger partial charge in [-0.2, -0.15) is 0 Å². The first-order chi connectivity index (χ1) is 9.21. The van der Waals surface area contributed by atoms with Crippen LogP contribution in [0.25, 0.3) is 0 Å². The molecule has 0 fully saturated rings. The van der Waals surface area contributed by atoms with Crippen molar-refractivity contribution in [2.75, 3.05) is 12.9 Å². The minimum atomic E-state index is -0.699. The Kier molecular flexibility index (Phi) is 9.90. The average Bonchev–Trinajstić information content (AvgIpc) is 2.47. The van der Waals surface area contributed by atoms with Gasteiger partial charge in [0.2, 0.25) is 0 Å². The van der Waals surface area contributed by atoms with Gasteiger partial charge in [0.05, 0.1) is 6.61 Å². The summed E-state index contributed by atoms with van der Waals surface area (Å²) in [5, 5.41) is 0. The number of benzene rings is 1. The number of carbonyl (C=O) groups excluding carboxylic acids is 2. The first-order valence-corrected chi connectivity index (χ1v) is 7.68. The Morgan fingerprint density at radius 1 is 1.32 bits per heavy atom. The van der Waals surface area contributed by atoms with E-state index in [0.29, 0.717) is 19.3 Å². The van der Waals surface area contributed by atoms with Gasteiger partial charge >= 0.3 is 5.97 Å². The summed E-state index contributed by atoms with van der Waals surface area (Å²) in [6.45, 7) is 6.03. The van der Waals surface area contributed by atoms with Crippen LogP contribution in [0.5, 0.6) is 0 Å². The number of hydrogen-bond acceptors (Lipinski definition) is 4. The molecule has 19 heavy (non-hydrogen) atoms. The lowest BCUT2D eigenvalue weighted by Gasteiger charge is -2.09. The zero-order chi connectivity index (χ0) is 14.7. The van der Waals surface area contributed by atoms with Gasteiger partial charge in [0.25, 0.3) is 0 Å². The van der Waals surface area contributed by atoms with Crippen LogP contribution in [0.3, 0.4) is 0 Å². The van der Waals surface area contributed by atoms with Gasteiger partial charge in [0, 0.05) is 4.90 Å². The third-order valence-corrected chi connectivity index (χ3v) is 3.11. The summed E-state index contributed by atoms with van der Waals surface area (Å²) in [5.74, 6) is -1.15. The summed E-state index contributed by atoms with van der Waals surface area (Å²) < 4.78 is 4.84. The molecule has 0 aliphatic rings. The molecule has 0 aromatic heterocycles. The van der Waals surface area contributed by atoms with Gasteiger partial charge in [-0.1, -0.05) is 26.0 Å². The summed E-state index contributed by atoms with van der Waals surface area (Å²) in [5.41, 5.74) is 0.966. The van der Waals surface area contributed by atoms with Gasteiger partial charge in [-0.25, -0.2) is 0 Å². The van der Waals surface area contributed by atoms with E-state index in [0.717, 1.165) is 10.5 Å². The van der Waals surface area contributed by atoms with E-state index in [2.05, 4.69) is 0 Å². The minimum absolute atomic E-state index is 0.300. The maximum Gasteiger partial charge on any atom is 0.316 e. The summed E-state index contributed by atoms with van der Waals surface area (Å²) >= 11 is 1.66. The average molecular weight is 282 g/mol. The van der Waals surface area contributed by atoms with Gasteiger partial charge in [-0.05, 0) is 37.3 Å². The largest absolute Gasteiger partial charge is 0.465 e. The normalized spacial score (nSPS) is 10.9. The van der Waals surface area contributed by atoms with Crippen molar-refractivity contribution in [2.24, 2.45) is 5.92 Å². The highest BCUT2D eigenvalue weighted by Crippen LogP contribution is 2.16. The second-order valence-corrected chi connectivity index (χ2v) is 4.43. The molecule has 0 N–H and O–H groups in total.